The Balaban J connectivity index is 4.11. The summed E-state index contributed by atoms with van der Waals surface area (Å²) in [6.45, 7) is 5.14. The molecule has 122 valence electrons. The Morgan fingerprint density at radius 2 is 2.10 bits per heavy atom. The average molecular weight is 300 g/mol. The first-order chi connectivity index (χ1) is 10.2. The van der Waals surface area contributed by atoms with Crippen molar-refractivity contribution in [3.8, 4) is 0 Å². The average Bonchev–Trinajstić information content (AvgIpc) is 2.49. The molecule has 2 amide bonds. The Kier molecular flexibility index (Phi) is 13.1. The minimum Gasteiger partial charge on any atom is -0.350 e. The second kappa shape index (κ2) is 13.8. The van der Waals surface area contributed by atoms with Gasteiger partial charge in [0.15, 0.2) is 6.79 Å². The minimum absolute atomic E-state index is 0.0241. The van der Waals surface area contributed by atoms with Crippen LogP contribution in [-0.4, -0.2) is 37.3 Å². The fourth-order valence-corrected chi connectivity index (χ4v) is 1.93. The van der Waals surface area contributed by atoms with Gasteiger partial charge in [-0.25, -0.2) is 9.90 Å². The Bertz CT molecular complexity index is 274. The van der Waals surface area contributed by atoms with Gasteiger partial charge >= 0.3 is 6.41 Å². The molecule has 6 nitrogen and oxygen atoms in total. The van der Waals surface area contributed by atoms with Crippen molar-refractivity contribution >= 4 is 12.3 Å². The fourth-order valence-electron chi connectivity index (χ4n) is 1.93. The van der Waals surface area contributed by atoms with E-state index in [0.717, 1.165) is 38.5 Å². The van der Waals surface area contributed by atoms with E-state index in [-0.39, 0.29) is 18.6 Å². The Labute approximate surface area is 128 Å². The summed E-state index contributed by atoms with van der Waals surface area (Å²) in [4.78, 5) is 27.6. The van der Waals surface area contributed by atoms with Gasteiger partial charge in [0.1, 0.15) is 0 Å². The van der Waals surface area contributed by atoms with Crippen LogP contribution in [0.15, 0.2) is 0 Å². The lowest BCUT2D eigenvalue weighted by molar-refractivity contribution is -0.219. The highest BCUT2D eigenvalue weighted by Crippen LogP contribution is 2.13. The molecule has 0 aromatic rings. The van der Waals surface area contributed by atoms with Crippen LogP contribution in [0.4, 0.5) is 0 Å². The molecule has 0 aromatic heterocycles. The van der Waals surface area contributed by atoms with Gasteiger partial charge in [-0.3, -0.25) is 9.59 Å². The maximum Gasteiger partial charge on any atom is 0.309 e. The highest BCUT2D eigenvalue weighted by molar-refractivity contribution is 5.77. The highest BCUT2D eigenvalue weighted by atomic mass is 16.8. The molecular weight excluding hydrogens is 272 g/mol. The van der Waals surface area contributed by atoms with Crippen LogP contribution in [0.3, 0.4) is 0 Å². The van der Waals surface area contributed by atoms with Gasteiger partial charge in [-0.15, -0.1) is 0 Å². The smallest absolute Gasteiger partial charge is 0.309 e. The molecule has 0 aromatic carbocycles. The molecule has 21 heavy (non-hydrogen) atoms. The number of hydrogen-bond donors (Lipinski definition) is 1. The third-order valence-corrected chi connectivity index (χ3v) is 3.19. The lowest BCUT2D eigenvalue weighted by atomic mass is 10.0. The summed E-state index contributed by atoms with van der Waals surface area (Å²) in [6.07, 6.45) is 7.16. The number of rotatable bonds is 14. The second-order valence-corrected chi connectivity index (χ2v) is 5.02. The number of hydrogen-bond acceptors (Lipinski definition) is 4. The van der Waals surface area contributed by atoms with Gasteiger partial charge in [-0.2, -0.15) is 0 Å². The zero-order valence-electron chi connectivity index (χ0n) is 13.2. The van der Waals surface area contributed by atoms with E-state index in [2.05, 4.69) is 24.1 Å². The lowest BCUT2D eigenvalue weighted by Gasteiger charge is -2.24. The maximum atomic E-state index is 12.3. The molecule has 0 saturated heterocycles. The SMILES string of the molecule is [CH2]OCON(CCCCC)C(=O)C(C)CCCCN[C]=O. The van der Waals surface area contributed by atoms with Gasteiger partial charge in [0.25, 0.3) is 0 Å². The summed E-state index contributed by atoms with van der Waals surface area (Å²) in [5.41, 5.74) is 0. The summed E-state index contributed by atoms with van der Waals surface area (Å²) in [6, 6.07) is 0. The van der Waals surface area contributed by atoms with E-state index in [9.17, 15) is 9.59 Å². The summed E-state index contributed by atoms with van der Waals surface area (Å²) >= 11 is 0. The number of hydroxylamine groups is 2. The van der Waals surface area contributed by atoms with Crippen LogP contribution in [0.5, 0.6) is 0 Å². The molecule has 0 rings (SSSR count). The van der Waals surface area contributed by atoms with E-state index in [1.165, 1.54) is 5.06 Å². The molecule has 2 radical (unpaired) electrons. The molecule has 1 N–H and O–H groups in total. The van der Waals surface area contributed by atoms with Crippen LogP contribution in [0, 0.1) is 13.0 Å². The van der Waals surface area contributed by atoms with Crippen LogP contribution >= 0.6 is 0 Å². The van der Waals surface area contributed by atoms with Crippen LogP contribution in [0.1, 0.15) is 52.4 Å². The summed E-state index contributed by atoms with van der Waals surface area (Å²) in [5.74, 6) is -0.144. The first-order valence-electron chi connectivity index (χ1n) is 7.58. The summed E-state index contributed by atoms with van der Waals surface area (Å²) in [5, 5.41) is 3.88. The van der Waals surface area contributed by atoms with Crippen LogP contribution in [0.2, 0.25) is 0 Å². The molecule has 0 aliphatic heterocycles. The molecular formula is C15H28N2O4. The number of carbonyl (C=O) groups is 1. The summed E-state index contributed by atoms with van der Waals surface area (Å²) in [7, 11) is 3.24. The second-order valence-electron chi connectivity index (χ2n) is 5.02. The molecule has 0 heterocycles. The van der Waals surface area contributed by atoms with Gasteiger partial charge in [0.05, 0.1) is 7.11 Å². The van der Waals surface area contributed by atoms with E-state index in [1.807, 2.05) is 6.92 Å². The predicted octanol–water partition coefficient (Wildman–Crippen LogP) is 2.17. The van der Waals surface area contributed by atoms with Crippen molar-refractivity contribution in [1.29, 1.82) is 0 Å². The van der Waals surface area contributed by atoms with Crippen molar-refractivity contribution in [3.63, 3.8) is 0 Å². The third-order valence-electron chi connectivity index (χ3n) is 3.19. The first-order valence-corrected chi connectivity index (χ1v) is 7.58. The number of nitrogens with zero attached hydrogens (tertiary/aromatic N) is 1. The molecule has 0 aliphatic rings. The van der Waals surface area contributed by atoms with Crippen molar-refractivity contribution in [1.82, 2.24) is 10.4 Å². The van der Waals surface area contributed by atoms with E-state index >= 15 is 0 Å². The van der Waals surface area contributed by atoms with Crippen molar-refractivity contribution in [2.75, 3.05) is 19.9 Å². The molecule has 0 saturated carbocycles. The molecule has 1 atom stereocenters. The van der Waals surface area contributed by atoms with E-state index < -0.39 is 0 Å². The maximum absolute atomic E-state index is 12.3. The van der Waals surface area contributed by atoms with Crippen LogP contribution in [-0.2, 0) is 19.2 Å². The van der Waals surface area contributed by atoms with Crippen molar-refractivity contribution in [3.05, 3.63) is 7.11 Å². The Morgan fingerprint density at radius 3 is 2.71 bits per heavy atom. The number of ether oxygens (including phenoxy) is 1. The molecule has 0 fully saturated rings. The van der Waals surface area contributed by atoms with Crippen molar-refractivity contribution in [2.24, 2.45) is 5.92 Å². The van der Waals surface area contributed by atoms with Crippen molar-refractivity contribution in [2.45, 2.75) is 52.4 Å². The molecule has 1 unspecified atom stereocenters. The molecule has 0 aliphatic carbocycles. The molecule has 6 heteroatoms. The van der Waals surface area contributed by atoms with Gasteiger partial charge in [-0.1, -0.05) is 33.1 Å². The van der Waals surface area contributed by atoms with Crippen molar-refractivity contribution < 1.29 is 19.2 Å². The van der Waals surface area contributed by atoms with Gasteiger partial charge in [0.2, 0.25) is 5.91 Å². The van der Waals surface area contributed by atoms with E-state index in [0.29, 0.717) is 13.1 Å². The largest absolute Gasteiger partial charge is 0.350 e. The van der Waals surface area contributed by atoms with Crippen LogP contribution < -0.4 is 5.32 Å². The minimum atomic E-state index is -0.114. The van der Waals surface area contributed by atoms with E-state index in [1.54, 1.807) is 6.41 Å². The monoisotopic (exact) mass is 300 g/mol. The standard InChI is InChI=1S/C15H28N2O4/c1-4-5-8-11-17(21-13-20-3)15(19)14(2)9-6-7-10-16-12-18/h14H,3-11,13H2,1-2H3,(H,16,18). The zero-order chi connectivity index (χ0) is 15.9. The molecule has 0 spiro atoms. The van der Waals surface area contributed by atoms with Gasteiger partial charge < -0.3 is 10.1 Å². The Morgan fingerprint density at radius 1 is 1.33 bits per heavy atom. The lowest BCUT2D eigenvalue weighted by Crippen LogP contribution is -2.36. The van der Waals surface area contributed by atoms with Gasteiger partial charge in [0, 0.05) is 19.0 Å². The van der Waals surface area contributed by atoms with Crippen LogP contribution in [0.25, 0.3) is 0 Å². The Hall–Kier alpha value is -1.14. The number of amides is 2. The molecule has 0 bridgehead atoms. The number of nitrogens with one attached hydrogen (secondary N) is 1. The normalized spacial score (nSPS) is 12.0. The number of carbonyl (C=O) groups excluding carboxylic acids is 2. The fraction of sp³-hybridized carbons (Fsp3) is 0.800. The first kappa shape index (κ1) is 19.9. The topological polar surface area (TPSA) is 67.9 Å². The highest BCUT2D eigenvalue weighted by Gasteiger charge is 2.20. The van der Waals surface area contributed by atoms with E-state index in [4.69, 9.17) is 4.84 Å². The third kappa shape index (κ3) is 10.3. The zero-order valence-corrected chi connectivity index (χ0v) is 13.2. The van der Waals surface area contributed by atoms with Gasteiger partial charge in [-0.05, 0) is 19.3 Å². The summed E-state index contributed by atoms with van der Waals surface area (Å²) < 4.78 is 4.62. The quantitative estimate of drug-likeness (QED) is 0.231. The number of unbranched alkanes of at least 4 members (excludes halogenated alkanes) is 3. The predicted molar refractivity (Wildman–Crippen MR) is 80.3 cm³/mol.